The molecule has 28 heavy (non-hydrogen) atoms. The SMILES string of the molecule is COC(=O)c1cc(CNS(=O)(=O)c2cc(S(C)(=O)=O)ccc2Br)ccc1OC. The minimum absolute atomic E-state index is 0.117. The van der Waals surface area contributed by atoms with Crippen molar-refractivity contribution < 1.29 is 31.1 Å². The van der Waals surface area contributed by atoms with E-state index in [9.17, 15) is 21.6 Å². The van der Waals surface area contributed by atoms with Crippen molar-refractivity contribution in [3.8, 4) is 5.75 Å². The normalized spacial score (nSPS) is 11.9. The van der Waals surface area contributed by atoms with Gasteiger partial charge in [0.2, 0.25) is 10.0 Å². The Labute approximate surface area is 172 Å². The lowest BCUT2D eigenvalue weighted by Crippen LogP contribution is -2.24. The molecule has 0 fully saturated rings. The minimum atomic E-state index is -4.04. The molecule has 0 spiro atoms. The number of sulfone groups is 1. The summed E-state index contributed by atoms with van der Waals surface area (Å²) >= 11 is 3.13. The zero-order chi connectivity index (χ0) is 21.1. The second-order valence-corrected chi connectivity index (χ2v) is 10.3. The summed E-state index contributed by atoms with van der Waals surface area (Å²) in [6, 6.07) is 8.31. The first-order valence-electron chi connectivity index (χ1n) is 7.74. The smallest absolute Gasteiger partial charge is 0.341 e. The van der Waals surface area contributed by atoms with Crippen molar-refractivity contribution in [1.82, 2.24) is 4.72 Å². The van der Waals surface area contributed by atoms with Crippen molar-refractivity contribution in [3.63, 3.8) is 0 Å². The number of rotatable bonds is 7. The van der Waals surface area contributed by atoms with E-state index in [-0.39, 0.29) is 26.4 Å². The maximum absolute atomic E-state index is 12.7. The fourth-order valence-corrected chi connectivity index (χ4v) is 5.04. The third-order valence-electron chi connectivity index (χ3n) is 3.76. The molecule has 8 nitrogen and oxygen atoms in total. The molecule has 1 N–H and O–H groups in total. The van der Waals surface area contributed by atoms with Crippen LogP contribution in [0.4, 0.5) is 0 Å². The van der Waals surface area contributed by atoms with Crippen LogP contribution < -0.4 is 9.46 Å². The molecule has 11 heteroatoms. The lowest BCUT2D eigenvalue weighted by atomic mass is 10.1. The number of benzene rings is 2. The lowest BCUT2D eigenvalue weighted by Gasteiger charge is -2.12. The third-order valence-corrected chi connectivity index (χ3v) is 7.26. The van der Waals surface area contributed by atoms with Crippen molar-refractivity contribution in [2.75, 3.05) is 20.5 Å². The highest BCUT2D eigenvalue weighted by molar-refractivity contribution is 9.10. The molecule has 0 aliphatic rings. The van der Waals surface area contributed by atoms with Crippen molar-refractivity contribution in [2.24, 2.45) is 0 Å². The Hall–Kier alpha value is -1.95. The van der Waals surface area contributed by atoms with Gasteiger partial charge in [-0.05, 0) is 51.8 Å². The zero-order valence-electron chi connectivity index (χ0n) is 15.2. The van der Waals surface area contributed by atoms with E-state index in [1.807, 2.05) is 0 Å². The number of ether oxygens (including phenoxy) is 2. The van der Waals surface area contributed by atoms with E-state index in [1.165, 1.54) is 38.5 Å². The highest BCUT2D eigenvalue weighted by atomic mass is 79.9. The molecule has 0 amide bonds. The monoisotopic (exact) mass is 491 g/mol. The van der Waals surface area contributed by atoms with E-state index in [0.717, 1.165) is 12.3 Å². The molecule has 0 saturated carbocycles. The van der Waals surface area contributed by atoms with Crippen LogP contribution in [0.2, 0.25) is 0 Å². The van der Waals surface area contributed by atoms with Crippen LogP contribution in [0.5, 0.6) is 5.75 Å². The van der Waals surface area contributed by atoms with Gasteiger partial charge in [0.05, 0.1) is 24.0 Å². The first kappa shape index (κ1) is 22.3. The van der Waals surface area contributed by atoms with Crippen LogP contribution in [0.3, 0.4) is 0 Å². The lowest BCUT2D eigenvalue weighted by molar-refractivity contribution is 0.0597. The molecular formula is C17H18BrNO7S2. The summed E-state index contributed by atoms with van der Waals surface area (Å²) in [7, 11) is -4.98. The van der Waals surface area contributed by atoms with Gasteiger partial charge in [0, 0.05) is 17.3 Å². The number of methoxy groups -OCH3 is 2. The molecule has 0 radical (unpaired) electrons. The van der Waals surface area contributed by atoms with E-state index in [4.69, 9.17) is 4.74 Å². The molecule has 2 aromatic carbocycles. The summed E-state index contributed by atoms with van der Waals surface area (Å²) in [5.41, 5.74) is 0.641. The van der Waals surface area contributed by atoms with Gasteiger partial charge in [-0.3, -0.25) is 0 Å². The number of carbonyl (C=O) groups excluding carboxylic acids is 1. The van der Waals surface area contributed by atoms with Crippen LogP contribution in [-0.2, 0) is 31.1 Å². The quantitative estimate of drug-likeness (QED) is 0.589. The molecule has 152 valence electrons. The molecule has 0 bridgehead atoms. The number of hydrogen-bond donors (Lipinski definition) is 1. The largest absolute Gasteiger partial charge is 0.496 e. The summed E-state index contributed by atoms with van der Waals surface area (Å²) in [5.74, 6) is -0.327. The molecule has 0 unspecified atom stereocenters. The van der Waals surface area contributed by atoms with Gasteiger partial charge in [0.15, 0.2) is 9.84 Å². The van der Waals surface area contributed by atoms with Crippen molar-refractivity contribution in [2.45, 2.75) is 16.3 Å². The Morgan fingerprint density at radius 3 is 2.32 bits per heavy atom. The second kappa shape index (κ2) is 8.60. The van der Waals surface area contributed by atoms with Crippen LogP contribution >= 0.6 is 15.9 Å². The highest BCUT2D eigenvalue weighted by Gasteiger charge is 2.21. The first-order chi connectivity index (χ1) is 13.0. The second-order valence-electron chi connectivity index (χ2n) is 5.72. The minimum Gasteiger partial charge on any atom is -0.496 e. The zero-order valence-corrected chi connectivity index (χ0v) is 18.4. The summed E-state index contributed by atoms with van der Waals surface area (Å²) in [6.07, 6.45) is 0.992. The van der Waals surface area contributed by atoms with Crippen LogP contribution in [-0.4, -0.2) is 43.3 Å². The van der Waals surface area contributed by atoms with E-state index in [1.54, 1.807) is 6.07 Å². The Kier molecular flexibility index (Phi) is 6.86. The number of hydrogen-bond acceptors (Lipinski definition) is 7. The maximum atomic E-state index is 12.7. The Morgan fingerprint density at radius 2 is 1.75 bits per heavy atom. The van der Waals surface area contributed by atoms with Crippen LogP contribution in [0.1, 0.15) is 15.9 Å². The predicted molar refractivity (Wildman–Crippen MR) is 106 cm³/mol. The third kappa shape index (κ3) is 5.10. The van der Waals surface area contributed by atoms with Crippen molar-refractivity contribution in [1.29, 1.82) is 0 Å². The van der Waals surface area contributed by atoms with Gasteiger partial charge >= 0.3 is 5.97 Å². The molecule has 0 saturated heterocycles. The summed E-state index contributed by atoms with van der Waals surface area (Å²) < 4.78 is 61.1. The van der Waals surface area contributed by atoms with Gasteiger partial charge in [-0.15, -0.1) is 0 Å². The van der Waals surface area contributed by atoms with E-state index in [0.29, 0.717) is 11.3 Å². The fraction of sp³-hybridized carbons (Fsp3) is 0.235. The molecule has 0 heterocycles. The van der Waals surface area contributed by atoms with E-state index < -0.39 is 25.8 Å². The predicted octanol–water partition coefficient (Wildman–Crippen LogP) is 2.13. The Bertz CT molecular complexity index is 1110. The molecule has 0 aliphatic heterocycles. The molecular weight excluding hydrogens is 474 g/mol. The fourth-order valence-electron chi connectivity index (χ4n) is 2.31. The summed E-state index contributed by atoms with van der Waals surface area (Å²) in [6.45, 7) is -0.133. The van der Waals surface area contributed by atoms with E-state index in [2.05, 4.69) is 25.4 Å². The number of carbonyl (C=O) groups is 1. The number of sulfonamides is 1. The topological polar surface area (TPSA) is 116 Å². The average Bonchev–Trinajstić information content (AvgIpc) is 2.64. The maximum Gasteiger partial charge on any atom is 0.341 e. The number of nitrogens with one attached hydrogen (secondary N) is 1. The number of halogens is 1. The molecule has 2 aromatic rings. The summed E-state index contributed by atoms with van der Waals surface area (Å²) in [4.78, 5) is 11.5. The van der Waals surface area contributed by atoms with Gasteiger partial charge in [-0.1, -0.05) is 6.07 Å². The van der Waals surface area contributed by atoms with Gasteiger partial charge in [0.25, 0.3) is 0 Å². The molecule has 0 atom stereocenters. The van der Waals surface area contributed by atoms with Crippen LogP contribution in [0.15, 0.2) is 50.7 Å². The molecule has 2 rings (SSSR count). The van der Waals surface area contributed by atoms with Gasteiger partial charge in [0.1, 0.15) is 11.3 Å². The van der Waals surface area contributed by atoms with Crippen molar-refractivity contribution in [3.05, 3.63) is 52.0 Å². The molecule has 0 aliphatic carbocycles. The first-order valence-corrected chi connectivity index (χ1v) is 11.9. The van der Waals surface area contributed by atoms with Crippen LogP contribution in [0.25, 0.3) is 0 Å². The van der Waals surface area contributed by atoms with Gasteiger partial charge in [-0.25, -0.2) is 26.4 Å². The van der Waals surface area contributed by atoms with Crippen molar-refractivity contribution >= 4 is 41.8 Å². The Balaban J connectivity index is 2.33. The van der Waals surface area contributed by atoms with Crippen LogP contribution in [0, 0.1) is 0 Å². The standard InChI is InChI=1S/C17H18BrNO7S2/c1-25-15-7-4-11(8-13(15)17(20)26-2)10-19-28(23,24)16-9-12(27(3,21)22)5-6-14(16)18/h4-9,19H,10H2,1-3H3. The van der Waals surface area contributed by atoms with E-state index >= 15 is 0 Å². The summed E-state index contributed by atoms with van der Waals surface area (Å²) in [5, 5.41) is 0. The highest BCUT2D eigenvalue weighted by Crippen LogP contribution is 2.26. The van der Waals surface area contributed by atoms with Gasteiger partial charge < -0.3 is 9.47 Å². The van der Waals surface area contributed by atoms with Gasteiger partial charge in [-0.2, -0.15) is 0 Å². The Morgan fingerprint density at radius 1 is 1.07 bits per heavy atom. The molecule has 0 aromatic heterocycles. The number of esters is 1. The average molecular weight is 492 g/mol.